The molecule has 1 aromatic carbocycles. The molecule has 36 heavy (non-hydrogen) atoms. The molecule has 2 unspecified atom stereocenters. The molecule has 2 heterocycles. The van der Waals surface area contributed by atoms with Crippen LogP contribution in [0.2, 0.25) is 0 Å². The minimum Gasteiger partial charge on any atom is -0.481 e. The Morgan fingerprint density at radius 3 is 2.53 bits per heavy atom. The van der Waals surface area contributed by atoms with Crippen LogP contribution in [0.3, 0.4) is 0 Å². The summed E-state index contributed by atoms with van der Waals surface area (Å²) in [7, 11) is 0. The van der Waals surface area contributed by atoms with Crippen molar-refractivity contribution >= 4 is 23.6 Å². The molecule has 4 bridgehead atoms. The average Bonchev–Trinajstić information content (AvgIpc) is 3.28. The summed E-state index contributed by atoms with van der Waals surface area (Å²) in [5.41, 5.74) is 1.49. The summed E-state index contributed by atoms with van der Waals surface area (Å²) in [4.78, 5) is 27.0. The van der Waals surface area contributed by atoms with E-state index in [1.165, 1.54) is 23.8 Å². The highest BCUT2D eigenvalue weighted by Crippen LogP contribution is 2.53. The maximum atomic E-state index is 13.5. The number of hydrogen-bond donors (Lipinski definition) is 3. The molecule has 2 aromatic rings. The number of piperidine rings is 1. The SMILES string of the molecule is O=C(NC1=C2CC3CC(C2)CC1C3)c1onc(OCC2(C(=O)O)CCNCC2)c1Sc1ccccc1. The van der Waals surface area contributed by atoms with Gasteiger partial charge in [-0.25, -0.2) is 0 Å². The third kappa shape index (κ3) is 4.43. The maximum absolute atomic E-state index is 13.5. The number of carboxylic acid groups (broad SMARTS) is 1. The molecule has 5 aliphatic rings. The second-order valence-corrected chi connectivity index (χ2v) is 11.8. The van der Waals surface area contributed by atoms with Crippen molar-refractivity contribution in [2.75, 3.05) is 19.7 Å². The summed E-state index contributed by atoms with van der Waals surface area (Å²) in [6.45, 7) is 1.21. The van der Waals surface area contributed by atoms with Crippen LogP contribution in [0.5, 0.6) is 5.88 Å². The van der Waals surface area contributed by atoms with Crippen LogP contribution >= 0.6 is 11.8 Å². The van der Waals surface area contributed by atoms with Crippen LogP contribution in [0.15, 0.2) is 55.9 Å². The van der Waals surface area contributed by atoms with Gasteiger partial charge in [-0.3, -0.25) is 9.59 Å². The van der Waals surface area contributed by atoms with E-state index >= 15 is 0 Å². The number of hydrogen-bond acceptors (Lipinski definition) is 7. The molecule has 7 rings (SSSR count). The normalized spacial score (nSPS) is 26.2. The van der Waals surface area contributed by atoms with Crippen molar-refractivity contribution in [3.8, 4) is 5.88 Å². The molecule has 1 aromatic heterocycles. The summed E-state index contributed by atoms with van der Waals surface area (Å²) in [6, 6.07) is 9.65. The average molecular weight is 510 g/mol. The summed E-state index contributed by atoms with van der Waals surface area (Å²) < 4.78 is 11.6. The van der Waals surface area contributed by atoms with Crippen LogP contribution in [0, 0.1) is 23.2 Å². The lowest BCUT2D eigenvalue weighted by atomic mass is 9.60. The molecule has 1 amide bonds. The number of carbonyl (C=O) groups excluding carboxylic acids is 1. The number of aromatic nitrogens is 1. The van der Waals surface area contributed by atoms with Crippen LogP contribution in [-0.4, -0.2) is 41.8 Å². The Labute approximate surface area is 214 Å². The molecule has 8 nitrogen and oxygen atoms in total. The topological polar surface area (TPSA) is 114 Å². The second kappa shape index (κ2) is 9.59. The first kappa shape index (κ1) is 23.6. The van der Waals surface area contributed by atoms with Gasteiger partial charge >= 0.3 is 5.97 Å². The quantitative estimate of drug-likeness (QED) is 0.477. The molecule has 1 aliphatic heterocycles. The summed E-state index contributed by atoms with van der Waals surface area (Å²) >= 11 is 1.34. The van der Waals surface area contributed by atoms with E-state index in [4.69, 9.17) is 9.26 Å². The van der Waals surface area contributed by atoms with E-state index in [2.05, 4.69) is 15.8 Å². The van der Waals surface area contributed by atoms with Crippen LogP contribution in [0.1, 0.15) is 55.5 Å². The largest absolute Gasteiger partial charge is 0.481 e. The van der Waals surface area contributed by atoms with Gasteiger partial charge in [-0.05, 0) is 98.7 Å². The van der Waals surface area contributed by atoms with E-state index in [0.29, 0.717) is 36.7 Å². The highest BCUT2D eigenvalue weighted by Gasteiger charge is 2.43. The van der Waals surface area contributed by atoms with Gasteiger partial charge in [0.05, 0.1) is 0 Å². The molecule has 0 spiro atoms. The number of rotatable bonds is 8. The highest BCUT2D eigenvalue weighted by atomic mass is 32.2. The van der Waals surface area contributed by atoms with Gasteiger partial charge in [-0.1, -0.05) is 30.0 Å². The van der Waals surface area contributed by atoms with Crippen molar-refractivity contribution < 1.29 is 24.0 Å². The number of carbonyl (C=O) groups is 2. The number of aliphatic carboxylic acids is 1. The lowest BCUT2D eigenvalue weighted by Gasteiger charge is -2.47. The molecular weight excluding hydrogens is 478 g/mol. The predicted octanol–water partition coefficient (Wildman–Crippen LogP) is 4.48. The zero-order valence-corrected chi connectivity index (χ0v) is 20.9. The molecule has 4 aliphatic carbocycles. The predicted molar refractivity (Wildman–Crippen MR) is 133 cm³/mol. The van der Waals surface area contributed by atoms with Crippen molar-refractivity contribution in [1.29, 1.82) is 0 Å². The molecule has 2 atom stereocenters. The van der Waals surface area contributed by atoms with Gasteiger partial charge in [0.15, 0.2) is 0 Å². The fraction of sp³-hybridized carbons (Fsp3) is 0.519. The highest BCUT2D eigenvalue weighted by molar-refractivity contribution is 7.99. The first-order chi connectivity index (χ1) is 17.5. The maximum Gasteiger partial charge on any atom is 0.313 e. The van der Waals surface area contributed by atoms with Crippen molar-refractivity contribution in [1.82, 2.24) is 15.8 Å². The fourth-order valence-corrected chi connectivity index (χ4v) is 7.46. The molecule has 190 valence electrons. The van der Waals surface area contributed by atoms with Gasteiger partial charge in [-0.2, -0.15) is 0 Å². The zero-order valence-electron chi connectivity index (χ0n) is 20.1. The molecule has 1 saturated heterocycles. The smallest absolute Gasteiger partial charge is 0.313 e. The number of nitrogens with zero attached hydrogens (tertiary/aromatic N) is 1. The summed E-state index contributed by atoms with van der Waals surface area (Å²) in [5.74, 6) is 1.03. The van der Waals surface area contributed by atoms with Gasteiger partial charge in [-0.15, -0.1) is 0 Å². The van der Waals surface area contributed by atoms with E-state index in [1.807, 2.05) is 30.3 Å². The van der Waals surface area contributed by atoms with Gasteiger partial charge in [0.1, 0.15) is 16.9 Å². The van der Waals surface area contributed by atoms with Crippen LogP contribution in [-0.2, 0) is 4.79 Å². The van der Waals surface area contributed by atoms with E-state index in [9.17, 15) is 14.7 Å². The zero-order chi connectivity index (χ0) is 24.7. The number of amides is 1. The van der Waals surface area contributed by atoms with Crippen LogP contribution < -0.4 is 15.4 Å². The minimum absolute atomic E-state index is 0.0277. The summed E-state index contributed by atoms with van der Waals surface area (Å²) in [6.07, 6.45) is 6.74. The second-order valence-electron chi connectivity index (χ2n) is 10.7. The number of ether oxygens (including phenoxy) is 1. The van der Waals surface area contributed by atoms with Gasteiger partial charge in [0.25, 0.3) is 11.8 Å². The first-order valence-electron chi connectivity index (χ1n) is 12.8. The standard InChI is InChI=1S/C27H31N3O5S/c31-24(29-21-18-11-16-10-17(13-18)14-19(21)12-16)22-23(36-20-4-2-1-3-5-20)25(30-35-22)34-15-27(26(32)33)6-8-28-9-7-27/h1-5,16-18,28H,6-15H2,(H,29,31)(H,32,33). The van der Waals surface area contributed by atoms with Crippen molar-refractivity contribution in [2.24, 2.45) is 23.2 Å². The van der Waals surface area contributed by atoms with E-state index in [0.717, 1.165) is 48.1 Å². The molecule has 3 N–H and O–H groups in total. The lowest BCUT2D eigenvalue weighted by molar-refractivity contribution is -0.153. The van der Waals surface area contributed by atoms with Crippen molar-refractivity contribution in [3.05, 3.63) is 47.4 Å². The Balaban J connectivity index is 1.26. The number of benzene rings is 1. The minimum atomic E-state index is -0.992. The van der Waals surface area contributed by atoms with E-state index in [1.54, 1.807) is 0 Å². The fourth-order valence-electron chi connectivity index (χ4n) is 6.52. The molecule has 3 fully saturated rings. The number of allylic oxidation sites excluding steroid dienone is 2. The Kier molecular flexibility index (Phi) is 6.29. The Hall–Kier alpha value is -2.78. The Morgan fingerprint density at radius 2 is 1.86 bits per heavy atom. The lowest BCUT2D eigenvalue weighted by Crippen LogP contribution is -2.46. The van der Waals surface area contributed by atoms with Crippen LogP contribution in [0.4, 0.5) is 0 Å². The third-order valence-corrected chi connectivity index (χ3v) is 9.37. The van der Waals surface area contributed by atoms with E-state index < -0.39 is 11.4 Å². The van der Waals surface area contributed by atoms with E-state index in [-0.39, 0.29) is 24.2 Å². The summed E-state index contributed by atoms with van der Waals surface area (Å²) in [5, 5.41) is 20.4. The molecule has 0 radical (unpaired) electrons. The molecule has 2 saturated carbocycles. The van der Waals surface area contributed by atoms with Gasteiger partial charge in [0.2, 0.25) is 5.76 Å². The van der Waals surface area contributed by atoms with Crippen molar-refractivity contribution in [2.45, 2.75) is 54.7 Å². The number of carboxylic acids is 1. The first-order valence-corrected chi connectivity index (χ1v) is 13.6. The van der Waals surface area contributed by atoms with Crippen molar-refractivity contribution in [3.63, 3.8) is 0 Å². The monoisotopic (exact) mass is 509 g/mol. The number of nitrogens with one attached hydrogen (secondary N) is 2. The van der Waals surface area contributed by atoms with Gasteiger partial charge in [0, 0.05) is 10.6 Å². The van der Waals surface area contributed by atoms with Crippen LogP contribution in [0.25, 0.3) is 0 Å². The molecular formula is C27H31N3O5S. The van der Waals surface area contributed by atoms with Gasteiger partial charge < -0.3 is 25.0 Å². The molecule has 9 heteroatoms. The Bertz CT molecular complexity index is 1170. The third-order valence-electron chi connectivity index (χ3n) is 8.30. The Morgan fingerprint density at radius 1 is 1.14 bits per heavy atom.